The van der Waals surface area contributed by atoms with E-state index in [2.05, 4.69) is 15.4 Å². The number of nitrogens with one attached hydrogen (secondary N) is 1. The van der Waals surface area contributed by atoms with Crippen molar-refractivity contribution < 1.29 is 14.3 Å². The van der Waals surface area contributed by atoms with E-state index in [9.17, 15) is 4.79 Å². The van der Waals surface area contributed by atoms with Gasteiger partial charge < -0.3 is 9.47 Å². The minimum atomic E-state index is -0.471. The van der Waals surface area contributed by atoms with Crippen molar-refractivity contribution in [2.45, 2.75) is 26.4 Å². The first-order valence-corrected chi connectivity index (χ1v) is 7.53. The molecule has 3 rings (SSSR count). The van der Waals surface area contributed by atoms with Crippen molar-refractivity contribution in [2.75, 3.05) is 13.2 Å². The normalized spacial score (nSPS) is 14.0. The van der Waals surface area contributed by atoms with Crippen LogP contribution in [0.3, 0.4) is 0 Å². The van der Waals surface area contributed by atoms with Crippen LogP contribution in [0.25, 0.3) is 11.3 Å². The van der Waals surface area contributed by atoms with Gasteiger partial charge in [-0.1, -0.05) is 18.2 Å². The van der Waals surface area contributed by atoms with E-state index in [1.807, 2.05) is 24.3 Å². The van der Waals surface area contributed by atoms with Gasteiger partial charge in [0.15, 0.2) is 5.69 Å². The zero-order valence-electron chi connectivity index (χ0n) is 12.5. The van der Waals surface area contributed by atoms with Crippen molar-refractivity contribution >= 4 is 5.97 Å². The molecular weight excluding hydrogens is 282 g/mol. The number of esters is 1. The molecule has 1 fully saturated rings. The maximum absolute atomic E-state index is 11.9. The Morgan fingerprint density at radius 3 is 3.00 bits per heavy atom. The number of carbonyl (C=O) groups is 1. The molecule has 0 saturated heterocycles. The molecule has 0 radical (unpaired) electrons. The summed E-state index contributed by atoms with van der Waals surface area (Å²) in [4.78, 5) is 11.9. The van der Waals surface area contributed by atoms with Gasteiger partial charge in [-0.05, 0) is 37.3 Å². The van der Waals surface area contributed by atoms with E-state index in [1.54, 1.807) is 6.92 Å². The Kier molecular flexibility index (Phi) is 4.48. The number of benzene rings is 1. The van der Waals surface area contributed by atoms with Crippen LogP contribution in [0.4, 0.5) is 0 Å². The average molecular weight is 301 g/mol. The fourth-order valence-electron chi connectivity index (χ4n) is 2.21. The number of aromatic nitrogens is 3. The minimum Gasteiger partial charge on any atom is -0.461 e. The fraction of sp³-hybridized carbons (Fsp3) is 0.438. The molecule has 0 atom stereocenters. The van der Waals surface area contributed by atoms with Gasteiger partial charge in [0, 0.05) is 12.2 Å². The van der Waals surface area contributed by atoms with Crippen molar-refractivity contribution in [1.82, 2.24) is 15.4 Å². The van der Waals surface area contributed by atoms with Crippen LogP contribution >= 0.6 is 0 Å². The second-order valence-corrected chi connectivity index (χ2v) is 5.40. The summed E-state index contributed by atoms with van der Waals surface area (Å²) in [5.74, 6) is 0.274. The highest BCUT2D eigenvalue weighted by molar-refractivity contribution is 5.93. The molecule has 6 heteroatoms. The first-order valence-electron chi connectivity index (χ1n) is 7.53. The molecule has 1 aromatic carbocycles. The summed E-state index contributed by atoms with van der Waals surface area (Å²) in [6, 6.07) is 7.79. The molecule has 0 spiro atoms. The average Bonchev–Trinajstić information content (AvgIpc) is 3.21. The van der Waals surface area contributed by atoms with E-state index in [-0.39, 0.29) is 5.69 Å². The van der Waals surface area contributed by atoms with Crippen molar-refractivity contribution in [3.63, 3.8) is 0 Å². The molecule has 0 unspecified atom stereocenters. The molecule has 1 aliphatic carbocycles. The third kappa shape index (κ3) is 3.51. The number of ether oxygens (including phenoxy) is 2. The van der Waals surface area contributed by atoms with Gasteiger partial charge in [0.05, 0.1) is 13.2 Å². The van der Waals surface area contributed by atoms with Crippen molar-refractivity contribution in [1.29, 1.82) is 0 Å². The van der Waals surface area contributed by atoms with Crippen LogP contribution < -0.4 is 0 Å². The van der Waals surface area contributed by atoms with Gasteiger partial charge in [0.2, 0.25) is 0 Å². The largest absolute Gasteiger partial charge is 0.461 e. The fourth-order valence-corrected chi connectivity index (χ4v) is 2.21. The van der Waals surface area contributed by atoms with Crippen molar-refractivity contribution in [3.05, 3.63) is 35.5 Å². The number of hydrogen-bond acceptors (Lipinski definition) is 5. The van der Waals surface area contributed by atoms with Gasteiger partial charge in [0.1, 0.15) is 5.69 Å². The Morgan fingerprint density at radius 2 is 2.23 bits per heavy atom. The summed E-state index contributed by atoms with van der Waals surface area (Å²) in [6.45, 7) is 3.45. The predicted molar refractivity (Wildman–Crippen MR) is 80.2 cm³/mol. The molecule has 1 heterocycles. The van der Waals surface area contributed by atoms with Gasteiger partial charge in [-0.3, -0.25) is 0 Å². The maximum atomic E-state index is 11.9. The lowest BCUT2D eigenvalue weighted by molar-refractivity contribution is 0.0520. The van der Waals surface area contributed by atoms with E-state index in [0.717, 1.165) is 23.7 Å². The summed E-state index contributed by atoms with van der Waals surface area (Å²) in [7, 11) is 0. The lowest BCUT2D eigenvalue weighted by atomic mass is 10.1. The molecule has 1 N–H and O–H groups in total. The van der Waals surface area contributed by atoms with Gasteiger partial charge in [-0.2, -0.15) is 10.3 Å². The third-order valence-electron chi connectivity index (χ3n) is 3.54. The Balaban J connectivity index is 1.73. The third-order valence-corrected chi connectivity index (χ3v) is 3.54. The second-order valence-electron chi connectivity index (χ2n) is 5.40. The maximum Gasteiger partial charge on any atom is 0.361 e. The Labute approximate surface area is 128 Å². The molecule has 1 aromatic heterocycles. The van der Waals surface area contributed by atoms with Crippen LogP contribution in [0.5, 0.6) is 0 Å². The monoisotopic (exact) mass is 301 g/mol. The van der Waals surface area contributed by atoms with Gasteiger partial charge in [-0.25, -0.2) is 4.79 Å². The molecule has 0 amide bonds. The van der Waals surface area contributed by atoms with Gasteiger partial charge >= 0.3 is 5.97 Å². The summed E-state index contributed by atoms with van der Waals surface area (Å²) >= 11 is 0. The highest BCUT2D eigenvalue weighted by Crippen LogP contribution is 2.29. The smallest absolute Gasteiger partial charge is 0.361 e. The van der Waals surface area contributed by atoms with Crippen LogP contribution in [0.2, 0.25) is 0 Å². The molecule has 116 valence electrons. The molecule has 0 aliphatic heterocycles. The number of hydrogen-bond donors (Lipinski definition) is 1. The predicted octanol–water partition coefficient (Wildman–Crippen LogP) is 2.58. The minimum absolute atomic E-state index is 0.206. The zero-order chi connectivity index (χ0) is 15.4. The summed E-state index contributed by atoms with van der Waals surface area (Å²) in [5.41, 5.74) is 2.58. The molecule has 0 bridgehead atoms. The number of H-pyrrole nitrogens is 1. The van der Waals surface area contributed by atoms with Crippen LogP contribution in [-0.2, 0) is 16.1 Å². The Morgan fingerprint density at radius 1 is 1.36 bits per heavy atom. The molecule has 2 aromatic rings. The number of rotatable bonds is 7. The molecule has 1 saturated carbocycles. The quantitative estimate of drug-likeness (QED) is 0.795. The molecule has 6 nitrogen and oxygen atoms in total. The standard InChI is InChI=1S/C16H19N3O3/c1-2-22-16(20)15-14(17-19-18-15)13-5-3-4-12(8-13)10-21-9-11-6-7-11/h3-5,8,11H,2,6-7,9-10H2,1H3,(H,17,18,19). The molecular formula is C16H19N3O3. The summed E-state index contributed by atoms with van der Waals surface area (Å²) in [6.07, 6.45) is 2.56. The first-order chi connectivity index (χ1) is 10.8. The highest BCUT2D eigenvalue weighted by atomic mass is 16.5. The SMILES string of the molecule is CCOC(=O)c1n[nH]nc1-c1cccc(COCC2CC2)c1. The molecule has 1 aliphatic rings. The summed E-state index contributed by atoms with van der Waals surface area (Å²) < 4.78 is 10.7. The number of nitrogens with zero attached hydrogens (tertiary/aromatic N) is 2. The summed E-state index contributed by atoms with van der Waals surface area (Å²) in [5, 5.41) is 10.5. The first kappa shape index (κ1) is 14.7. The van der Waals surface area contributed by atoms with Gasteiger partial charge in [0.25, 0.3) is 0 Å². The van der Waals surface area contributed by atoms with Crippen LogP contribution in [-0.4, -0.2) is 34.6 Å². The highest BCUT2D eigenvalue weighted by Gasteiger charge is 2.21. The van der Waals surface area contributed by atoms with E-state index >= 15 is 0 Å². The van der Waals surface area contributed by atoms with E-state index in [1.165, 1.54) is 12.8 Å². The van der Waals surface area contributed by atoms with Gasteiger partial charge in [-0.15, -0.1) is 5.10 Å². The number of aromatic amines is 1. The van der Waals surface area contributed by atoms with Crippen LogP contribution in [0.1, 0.15) is 35.8 Å². The van der Waals surface area contributed by atoms with Crippen molar-refractivity contribution in [2.24, 2.45) is 5.92 Å². The Bertz CT molecular complexity index is 650. The lowest BCUT2D eigenvalue weighted by Gasteiger charge is -2.06. The zero-order valence-corrected chi connectivity index (χ0v) is 12.5. The molecule has 22 heavy (non-hydrogen) atoms. The van der Waals surface area contributed by atoms with E-state index in [0.29, 0.717) is 18.9 Å². The number of carbonyl (C=O) groups excluding carboxylic acids is 1. The Hall–Kier alpha value is -2.21. The lowest BCUT2D eigenvalue weighted by Crippen LogP contribution is -2.06. The topological polar surface area (TPSA) is 77.1 Å². The van der Waals surface area contributed by atoms with E-state index < -0.39 is 5.97 Å². The van der Waals surface area contributed by atoms with Crippen LogP contribution in [0.15, 0.2) is 24.3 Å². The second kappa shape index (κ2) is 6.70. The van der Waals surface area contributed by atoms with Crippen molar-refractivity contribution in [3.8, 4) is 11.3 Å². The van der Waals surface area contributed by atoms with Crippen LogP contribution in [0, 0.1) is 5.92 Å². The van der Waals surface area contributed by atoms with E-state index in [4.69, 9.17) is 9.47 Å².